The van der Waals surface area contributed by atoms with E-state index in [9.17, 15) is 0 Å². The predicted octanol–water partition coefficient (Wildman–Crippen LogP) is 2.32. The van der Waals surface area contributed by atoms with Crippen LogP contribution in [0.25, 0.3) is 0 Å². The summed E-state index contributed by atoms with van der Waals surface area (Å²) in [4.78, 5) is 6.94. The lowest BCUT2D eigenvalue weighted by molar-refractivity contribution is 0.577. The summed E-state index contributed by atoms with van der Waals surface area (Å²) in [7, 11) is 0. The molecule has 0 amide bonds. The maximum absolute atomic E-state index is 4.44. The van der Waals surface area contributed by atoms with E-state index in [0.717, 1.165) is 12.6 Å². The Morgan fingerprint density at radius 2 is 2.06 bits per heavy atom. The Morgan fingerprint density at radius 1 is 1.24 bits per heavy atom. The Bertz CT molecular complexity index is 367. The average molecular weight is 231 g/mol. The first-order valence-electron chi connectivity index (χ1n) is 6.85. The van der Waals surface area contributed by atoms with Crippen LogP contribution in [0.15, 0.2) is 18.3 Å². The minimum atomic E-state index is 0.760. The molecule has 17 heavy (non-hydrogen) atoms. The van der Waals surface area contributed by atoms with Crippen LogP contribution in [-0.2, 0) is 6.54 Å². The van der Waals surface area contributed by atoms with Crippen LogP contribution in [0.4, 0.5) is 5.69 Å². The molecule has 3 nitrogen and oxygen atoms in total. The van der Waals surface area contributed by atoms with Gasteiger partial charge in [-0.05, 0) is 44.2 Å². The Morgan fingerprint density at radius 3 is 2.82 bits per heavy atom. The zero-order valence-electron chi connectivity index (χ0n) is 10.4. The monoisotopic (exact) mass is 231 g/mol. The summed E-state index contributed by atoms with van der Waals surface area (Å²) in [6.07, 6.45) is 8.68. The van der Waals surface area contributed by atoms with Crippen LogP contribution in [0.5, 0.6) is 0 Å². The van der Waals surface area contributed by atoms with E-state index in [-0.39, 0.29) is 0 Å². The van der Waals surface area contributed by atoms with Crippen LogP contribution in [0.2, 0.25) is 0 Å². The van der Waals surface area contributed by atoms with Crippen molar-refractivity contribution in [3.8, 4) is 0 Å². The molecule has 2 aliphatic rings. The van der Waals surface area contributed by atoms with Crippen molar-refractivity contribution in [2.75, 3.05) is 18.0 Å². The van der Waals surface area contributed by atoms with Gasteiger partial charge in [-0.15, -0.1) is 0 Å². The number of pyridine rings is 1. The summed E-state index contributed by atoms with van der Waals surface area (Å²) in [5, 5.41) is 3.52. The summed E-state index contributed by atoms with van der Waals surface area (Å²) >= 11 is 0. The molecular formula is C14H21N3. The number of hydrogen-bond acceptors (Lipinski definition) is 3. The zero-order chi connectivity index (χ0) is 11.5. The first-order chi connectivity index (χ1) is 8.42. The van der Waals surface area contributed by atoms with Gasteiger partial charge in [-0.1, -0.05) is 0 Å². The SMILES string of the molecule is c1cc(N2CCCCC2)cc(CNC2CC2)n1. The number of piperidine rings is 1. The van der Waals surface area contributed by atoms with Crippen molar-refractivity contribution in [2.24, 2.45) is 0 Å². The molecule has 2 fully saturated rings. The molecule has 1 aromatic rings. The highest BCUT2D eigenvalue weighted by molar-refractivity contribution is 5.46. The van der Waals surface area contributed by atoms with Gasteiger partial charge in [-0.25, -0.2) is 0 Å². The average Bonchev–Trinajstić information content (AvgIpc) is 3.22. The van der Waals surface area contributed by atoms with Gasteiger partial charge in [-0.2, -0.15) is 0 Å². The Hall–Kier alpha value is -1.09. The third-order valence-electron chi connectivity index (χ3n) is 3.67. The quantitative estimate of drug-likeness (QED) is 0.862. The maximum Gasteiger partial charge on any atom is 0.0562 e. The van der Waals surface area contributed by atoms with Crippen LogP contribution in [0, 0.1) is 0 Å². The highest BCUT2D eigenvalue weighted by Crippen LogP contribution is 2.21. The van der Waals surface area contributed by atoms with E-state index >= 15 is 0 Å². The van der Waals surface area contributed by atoms with Gasteiger partial charge in [0.15, 0.2) is 0 Å². The van der Waals surface area contributed by atoms with Crippen LogP contribution in [0.1, 0.15) is 37.8 Å². The third kappa shape index (κ3) is 2.97. The van der Waals surface area contributed by atoms with Gasteiger partial charge in [0, 0.05) is 37.6 Å². The molecule has 2 heterocycles. The topological polar surface area (TPSA) is 28.2 Å². The van der Waals surface area contributed by atoms with Gasteiger partial charge in [-0.3, -0.25) is 4.98 Å². The lowest BCUT2D eigenvalue weighted by Crippen LogP contribution is -2.29. The summed E-state index contributed by atoms with van der Waals surface area (Å²) in [6.45, 7) is 3.34. The van der Waals surface area contributed by atoms with Gasteiger partial charge in [0.05, 0.1) is 5.69 Å². The largest absolute Gasteiger partial charge is 0.371 e. The molecule has 3 rings (SSSR count). The van der Waals surface area contributed by atoms with Crippen LogP contribution >= 0.6 is 0 Å². The van der Waals surface area contributed by atoms with E-state index in [2.05, 4.69) is 27.3 Å². The summed E-state index contributed by atoms with van der Waals surface area (Å²) < 4.78 is 0. The number of aromatic nitrogens is 1. The van der Waals surface area contributed by atoms with Gasteiger partial charge in [0.1, 0.15) is 0 Å². The highest BCUT2D eigenvalue weighted by Gasteiger charge is 2.20. The predicted molar refractivity (Wildman–Crippen MR) is 70.2 cm³/mol. The molecule has 3 heteroatoms. The van der Waals surface area contributed by atoms with Gasteiger partial charge < -0.3 is 10.2 Å². The highest BCUT2D eigenvalue weighted by atomic mass is 15.1. The number of rotatable bonds is 4. The normalized spacial score (nSPS) is 20.6. The Kier molecular flexibility index (Phi) is 3.27. The van der Waals surface area contributed by atoms with E-state index in [4.69, 9.17) is 0 Å². The Balaban J connectivity index is 1.64. The molecule has 0 aromatic carbocycles. The number of nitrogens with one attached hydrogen (secondary N) is 1. The van der Waals surface area contributed by atoms with E-state index in [1.165, 1.54) is 56.6 Å². The molecule has 0 unspecified atom stereocenters. The van der Waals surface area contributed by atoms with E-state index in [0.29, 0.717) is 0 Å². The number of anilines is 1. The van der Waals surface area contributed by atoms with Crippen molar-refractivity contribution >= 4 is 5.69 Å². The second-order valence-electron chi connectivity index (χ2n) is 5.21. The van der Waals surface area contributed by atoms with E-state index in [1.807, 2.05) is 6.20 Å². The summed E-state index contributed by atoms with van der Waals surface area (Å²) in [5.41, 5.74) is 2.53. The van der Waals surface area contributed by atoms with Gasteiger partial charge in [0.2, 0.25) is 0 Å². The minimum Gasteiger partial charge on any atom is -0.371 e. The first-order valence-corrected chi connectivity index (χ1v) is 6.85. The lowest BCUT2D eigenvalue weighted by atomic mass is 10.1. The summed E-state index contributed by atoms with van der Waals surface area (Å²) in [6, 6.07) is 5.16. The van der Waals surface area contributed by atoms with Crippen molar-refractivity contribution in [3.63, 3.8) is 0 Å². The molecule has 0 atom stereocenters. The van der Waals surface area contributed by atoms with Crippen LogP contribution in [0.3, 0.4) is 0 Å². The molecule has 1 aliphatic heterocycles. The van der Waals surface area contributed by atoms with Crippen molar-refractivity contribution < 1.29 is 0 Å². The maximum atomic E-state index is 4.44. The second kappa shape index (κ2) is 5.05. The molecular weight excluding hydrogens is 210 g/mol. The van der Waals surface area contributed by atoms with Crippen molar-refractivity contribution in [1.82, 2.24) is 10.3 Å². The van der Waals surface area contributed by atoms with Crippen molar-refractivity contribution in [1.29, 1.82) is 0 Å². The smallest absolute Gasteiger partial charge is 0.0562 e. The summed E-state index contributed by atoms with van der Waals surface area (Å²) in [5.74, 6) is 0. The van der Waals surface area contributed by atoms with Crippen molar-refractivity contribution in [3.05, 3.63) is 24.0 Å². The fourth-order valence-corrected chi connectivity index (χ4v) is 2.45. The molecule has 0 radical (unpaired) electrons. The molecule has 1 aromatic heterocycles. The molecule has 92 valence electrons. The standard InChI is InChI=1S/C14H21N3/c1-2-8-17(9-3-1)14-6-7-15-13(10-14)11-16-12-4-5-12/h6-7,10,12,16H,1-5,8-9,11H2. The molecule has 1 aliphatic carbocycles. The van der Waals surface area contributed by atoms with Crippen LogP contribution in [-0.4, -0.2) is 24.1 Å². The Labute approximate surface area is 103 Å². The third-order valence-corrected chi connectivity index (χ3v) is 3.67. The second-order valence-corrected chi connectivity index (χ2v) is 5.21. The zero-order valence-corrected chi connectivity index (χ0v) is 10.4. The molecule has 0 bridgehead atoms. The van der Waals surface area contributed by atoms with Crippen molar-refractivity contribution in [2.45, 2.75) is 44.7 Å². The molecule has 1 N–H and O–H groups in total. The molecule has 1 saturated heterocycles. The lowest BCUT2D eigenvalue weighted by Gasteiger charge is -2.28. The van der Waals surface area contributed by atoms with Crippen LogP contribution < -0.4 is 10.2 Å². The minimum absolute atomic E-state index is 0.760. The fraction of sp³-hybridized carbons (Fsp3) is 0.643. The van der Waals surface area contributed by atoms with E-state index in [1.54, 1.807) is 0 Å². The number of hydrogen-bond donors (Lipinski definition) is 1. The fourth-order valence-electron chi connectivity index (χ4n) is 2.45. The van der Waals surface area contributed by atoms with Gasteiger partial charge in [0.25, 0.3) is 0 Å². The first kappa shape index (κ1) is 11.0. The molecule has 0 spiro atoms. The molecule has 1 saturated carbocycles. The van der Waals surface area contributed by atoms with E-state index < -0.39 is 0 Å². The van der Waals surface area contributed by atoms with Gasteiger partial charge >= 0.3 is 0 Å². The number of nitrogens with zero attached hydrogens (tertiary/aromatic N) is 2.